The Balaban J connectivity index is 2.50. The number of benzene rings is 1. The number of rotatable bonds is 6. The van der Waals surface area contributed by atoms with E-state index in [1.807, 2.05) is 31.2 Å². The van der Waals surface area contributed by atoms with E-state index in [2.05, 4.69) is 13.8 Å². The maximum atomic E-state index is 5.90. The van der Waals surface area contributed by atoms with Gasteiger partial charge in [0.05, 0.1) is 6.61 Å². The highest BCUT2D eigenvalue weighted by atomic mass is 16.5. The largest absolute Gasteiger partial charge is 0.494 e. The highest BCUT2D eigenvalue weighted by Crippen LogP contribution is 2.19. The van der Waals surface area contributed by atoms with E-state index in [0.29, 0.717) is 19.1 Å². The monoisotopic (exact) mass is 223 g/mol. The normalized spacial score (nSPS) is 12.6. The van der Waals surface area contributed by atoms with Crippen LogP contribution in [0.2, 0.25) is 0 Å². The molecule has 0 aromatic heterocycles. The third-order valence-electron chi connectivity index (χ3n) is 2.42. The highest BCUT2D eigenvalue weighted by molar-refractivity contribution is 5.32. The van der Waals surface area contributed by atoms with E-state index in [1.165, 1.54) is 0 Å². The summed E-state index contributed by atoms with van der Waals surface area (Å²) >= 11 is 0. The number of ether oxygens (including phenoxy) is 2. The first-order valence-corrected chi connectivity index (χ1v) is 5.74. The van der Waals surface area contributed by atoms with Crippen molar-refractivity contribution >= 4 is 0 Å². The summed E-state index contributed by atoms with van der Waals surface area (Å²) in [4.78, 5) is 0. The average Bonchev–Trinajstić information content (AvgIpc) is 2.26. The summed E-state index contributed by atoms with van der Waals surface area (Å²) in [6.45, 7) is 7.33. The van der Waals surface area contributed by atoms with Crippen molar-refractivity contribution in [2.75, 3.05) is 13.2 Å². The Bertz CT molecular complexity index is 313. The zero-order chi connectivity index (χ0) is 12.0. The molecule has 0 fully saturated rings. The maximum Gasteiger partial charge on any atom is 0.123 e. The molecular formula is C13H21NO2. The summed E-state index contributed by atoms with van der Waals surface area (Å²) in [6, 6.07) is 7.70. The molecule has 0 aliphatic heterocycles. The second kappa shape index (κ2) is 6.38. The second-order valence-corrected chi connectivity index (χ2v) is 4.13. The Hall–Kier alpha value is -1.22. The average molecular weight is 223 g/mol. The van der Waals surface area contributed by atoms with Gasteiger partial charge in [-0.2, -0.15) is 0 Å². The first kappa shape index (κ1) is 12.8. The Morgan fingerprint density at radius 3 is 2.38 bits per heavy atom. The molecule has 0 amide bonds. The molecule has 0 radical (unpaired) electrons. The lowest BCUT2D eigenvalue weighted by Gasteiger charge is -2.16. The van der Waals surface area contributed by atoms with E-state index in [4.69, 9.17) is 15.2 Å². The molecule has 1 rings (SSSR count). The maximum absolute atomic E-state index is 5.90. The van der Waals surface area contributed by atoms with Crippen molar-refractivity contribution in [1.82, 2.24) is 0 Å². The number of nitrogens with two attached hydrogens (primary N) is 1. The van der Waals surface area contributed by atoms with Crippen molar-refractivity contribution in [3.8, 4) is 11.5 Å². The molecule has 0 spiro atoms. The summed E-state index contributed by atoms with van der Waals surface area (Å²) < 4.78 is 11.0. The summed E-state index contributed by atoms with van der Waals surface area (Å²) in [5, 5.41) is 0. The van der Waals surface area contributed by atoms with E-state index >= 15 is 0 Å². The minimum Gasteiger partial charge on any atom is -0.494 e. The Labute approximate surface area is 97.6 Å². The van der Waals surface area contributed by atoms with Crippen LogP contribution in [0.15, 0.2) is 24.3 Å². The number of hydrogen-bond donors (Lipinski definition) is 1. The summed E-state index contributed by atoms with van der Waals surface area (Å²) in [5.41, 5.74) is 5.90. The van der Waals surface area contributed by atoms with Crippen LogP contribution >= 0.6 is 0 Å². The van der Waals surface area contributed by atoms with Gasteiger partial charge in [0.15, 0.2) is 0 Å². The smallest absolute Gasteiger partial charge is 0.123 e. The van der Waals surface area contributed by atoms with Crippen LogP contribution in [0.3, 0.4) is 0 Å². The molecule has 0 saturated heterocycles. The molecule has 3 nitrogen and oxygen atoms in total. The van der Waals surface area contributed by atoms with Gasteiger partial charge in [0.1, 0.15) is 18.1 Å². The SMILES string of the molecule is CCOc1cccc(OC[C@@H](N)C(C)C)c1. The topological polar surface area (TPSA) is 44.5 Å². The fourth-order valence-electron chi connectivity index (χ4n) is 1.21. The van der Waals surface area contributed by atoms with Crippen LogP contribution < -0.4 is 15.2 Å². The van der Waals surface area contributed by atoms with E-state index in [1.54, 1.807) is 0 Å². The molecule has 1 aromatic rings. The van der Waals surface area contributed by atoms with Gasteiger partial charge in [0.2, 0.25) is 0 Å². The lowest BCUT2D eigenvalue weighted by atomic mass is 10.1. The molecule has 0 aliphatic carbocycles. The van der Waals surface area contributed by atoms with Gasteiger partial charge in [-0.05, 0) is 25.0 Å². The van der Waals surface area contributed by atoms with Crippen molar-refractivity contribution < 1.29 is 9.47 Å². The van der Waals surface area contributed by atoms with E-state index < -0.39 is 0 Å². The molecule has 2 N–H and O–H groups in total. The van der Waals surface area contributed by atoms with Crippen LogP contribution in [0.1, 0.15) is 20.8 Å². The van der Waals surface area contributed by atoms with E-state index in [0.717, 1.165) is 11.5 Å². The van der Waals surface area contributed by atoms with E-state index in [9.17, 15) is 0 Å². The lowest BCUT2D eigenvalue weighted by Crippen LogP contribution is -2.32. The lowest BCUT2D eigenvalue weighted by molar-refractivity contribution is 0.257. The van der Waals surface area contributed by atoms with Crippen molar-refractivity contribution in [3.63, 3.8) is 0 Å². The zero-order valence-corrected chi connectivity index (χ0v) is 10.3. The fourth-order valence-corrected chi connectivity index (χ4v) is 1.21. The standard InChI is InChI=1S/C13H21NO2/c1-4-15-11-6-5-7-12(8-11)16-9-13(14)10(2)3/h5-8,10,13H,4,9,14H2,1-3H3/t13-/m1/s1. The minimum atomic E-state index is 0.0655. The summed E-state index contributed by atoms with van der Waals surface area (Å²) in [7, 11) is 0. The third-order valence-corrected chi connectivity index (χ3v) is 2.42. The van der Waals surface area contributed by atoms with E-state index in [-0.39, 0.29) is 6.04 Å². The first-order valence-electron chi connectivity index (χ1n) is 5.74. The Kier molecular flexibility index (Phi) is 5.12. The van der Waals surface area contributed by atoms with Gasteiger partial charge in [0, 0.05) is 12.1 Å². The van der Waals surface area contributed by atoms with Crippen LogP contribution in [-0.2, 0) is 0 Å². The van der Waals surface area contributed by atoms with Crippen LogP contribution in [0, 0.1) is 5.92 Å². The molecule has 0 unspecified atom stereocenters. The Morgan fingerprint density at radius 2 is 1.81 bits per heavy atom. The molecule has 0 aliphatic rings. The fraction of sp³-hybridized carbons (Fsp3) is 0.538. The molecular weight excluding hydrogens is 202 g/mol. The molecule has 16 heavy (non-hydrogen) atoms. The first-order chi connectivity index (χ1) is 7.63. The predicted molar refractivity (Wildman–Crippen MR) is 65.9 cm³/mol. The molecule has 0 bridgehead atoms. The van der Waals surface area contributed by atoms with Crippen LogP contribution in [0.4, 0.5) is 0 Å². The third kappa shape index (κ3) is 4.11. The van der Waals surface area contributed by atoms with Crippen LogP contribution in [0.25, 0.3) is 0 Å². The quantitative estimate of drug-likeness (QED) is 0.805. The summed E-state index contributed by atoms with van der Waals surface area (Å²) in [6.07, 6.45) is 0. The zero-order valence-electron chi connectivity index (χ0n) is 10.3. The van der Waals surface area contributed by atoms with Crippen molar-refractivity contribution in [1.29, 1.82) is 0 Å². The van der Waals surface area contributed by atoms with Gasteiger partial charge in [0.25, 0.3) is 0 Å². The van der Waals surface area contributed by atoms with Gasteiger partial charge < -0.3 is 15.2 Å². The molecule has 90 valence electrons. The van der Waals surface area contributed by atoms with Crippen molar-refractivity contribution in [2.45, 2.75) is 26.8 Å². The molecule has 0 saturated carbocycles. The van der Waals surface area contributed by atoms with Crippen molar-refractivity contribution in [2.24, 2.45) is 11.7 Å². The molecule has 0 heterocycles. The summed E-state index contributed by atoms with van der Waals surface area (Å²) in [5.74, 6) is 2.07. The van der Waals surface area contributed by atoms with Gasteiger partial charge in [-0.25, -0.2) is 0 Å². The van der Waals surface area contributed by atoms with Crippen LogP contribution in [-0.4, -0.2) is 19.3 Å². The van der Waals surface area contributed by atoms with Gasteiger partial charge in [-0.15, -0.1) is 0 Å². The number of hydrogen-bond acceptors (Lipinski definition) is 3. The predicted octanol–water partition coefficient (Wildman–Crippen LogP) is 2.45. The Morgan fingerprint density at radius 1 is 1.19 bits per heavy atom. The highest BCUT2D eigenvalue weighted by Gasteiger charge is 2.08. The molecule has 1 atom stereocenters. The van der Waals surface area contributed by atoms with Gasteiger partial charge >= 0.3 is 0 Å². The van der Waals surface area contributed by atoms with Gasteiger partial charge in [-0.3, -0.25) is 0 Å². The minimum absolute atomic E-state index is 0.0655. The van der Waals surface area contributed by atoms with Crippen molar-refractivity contribution in [3.05, 3.63) is 24.3 Å². The van der Waals surface area contributed by atoms with Gasteiger partial charge in [-0.1, -0.05) is 19.9 Å². The molecule has 1 aromatic carbocycles. The second-order valence-electron chi connectivity index (χ2n) is 4.13. The molecule has 3 heteroatoms. The van der Waals surface area contributed by atoms with Crippen LogP contribution in [0.5, 0.6) is 11.5 Å².